The molecule has 0 bridgehead atoms. The number of ether oxygens (including phenoxy) is 1. The fourth-order valence-electron chi connectivity index (χ4n) is 1.02. The highest BCUT2D eigenvalue weighted by Crippen LogP contribution is 2.25. The molecule has 1 rings (SSSR count). The molecule has 6 heteroatoms. The summed E-state index contributed by atoms with van der Waals surface area (Å²) in [5.74, 6) is -0.978. The molecule has 1 aromatic carbocycles. The number of carboxylic acids is 1. The van der Waals surface area contributed by atoms with Crippen LogP contribution in [0.5, 0.6) is 5.75 Å². The normalized spacial score (nSPS) is 10.2. The third-order valence-electron chi connectivity index (χ3n) is 1.66. The lowest BCUT2D eigenvalue weighted by molar-refractivity contribution is -0.385. The van der Waals surface area contributed by atoms with Gasteiger partial charge in [0.2, 0.25) is 0 Å². The first-order valence-electron chi connectivity index (χ1n) is 4.37. The van der Waals surface area contributed by atoms with Crippen molar-refractivity contribution in [3.05, 3.63) is 46.5 Å². The standard InChI is InChI=1S/C10H9NO5/c12-10(13)6-3-7-16-9-5-2-1-4-8(9)11(14)15/h1-6H,7H2,(H,12,13)/b6-3+. The molecule has 6 nitrogen and oxygen atoms in total. The smallest absolute Gasteiger partial charge is 0.328 e. The molecule has 0 spiro atoms. The second kappa shape index (κ2) is 5.50. The van der Waals surface area contributed by atoms with Crippen LogP contribution in [0.3, 0.4) is 0 Å². The van der Waals surface area contributed by atoms with E-state index in [-0.39, 0.29) is 18.0 Å². The van der Waals surface area contributed by atoms with Gasteiger partial charge in [0.15, 0.2) is 5.75 Å². The topological polar surface area (TPSA) is 89.7 Å². The first-order valence-corrected chi connectivity index (χ1v) is 4.37. The maximum absolute atomic E-state index is 10.6. The van der Waals surface area contributed by atoms with Gasteiger partial charge in [-0.05, 0) is 12.1 Å². The molecule has 0 unspecified atom stereocenters. The minimum Gasteiger partial charge on any atom is -0.483 e. The quantitative estimate of drug-likeness (QED) is 0.465. The number of carboxylic acid groups (broad SMARTS) is 1. The number of carbonyl (C=O) groups is 1. The molecule has 0 saturated heterocycles. The van der Waals surface area contributed by atoms with E-state index in [9.17, 15) is 14.9 Å². The van der Waals surface area contributed by atoms with E-state index >= 15 is 0 Å². The van der Waals surface area contributed by atoms with E-state index in [1.165, 1.54) is 24.3 Å². The van der Waals surface area contributed by atoms with E-state index in [0.717, 1.165) is 6.08 Å². The van der Waals surface area contributed by atoms with Crippen molar-refractivity contribution in [2.45, 2.75) is 0 Å². The Bertz CT molecular complexity index is 427. The molecule has 0 fully saturated rings. The summed E-state index contributed by atoms with van der Waals surface area (Å²) in [5.41, 5.74) is -0.147. The number of para-hydroxylation sites is 2. The number of hydrogen-bond acceptors (Lipinski definition) is 4. The van der Waals surface area contributed by atoms with Gasteiger partial charge in [-0.1, -0.05) is 12.1 Å². The predicted molar refractivity (Wildman–Crippen MR) is 55.4 cm³/mol. The maximum Gasteiger partial charge on any atom is 0.328 e. The predicted octanol–water partition coefficient (Wildman–Crippen LogP) is 1.61. The van der Waals surface area contributed by atoms with Crippen LogP contribution in [0.1, 0.15) is 0 Å². The van der Waals surface area contributed by atoms with Crippen molar-refractivity contribution in [3.63, 3.8) is 0 Å². The van der Waals surface area contributed by atoms with Crippen LogP contribution in [0.25, 0.3) is 0 Å². The summed E-state index contributed by atoms with van der Waals surface area (Å²) in [4.78, 5) is 20.2. The van der Waals surface area contributed by atoms with Gasteiger partial charge in [0.25, 0.3) is 0 Å². The highest BCUT2D eigenvalue weighted by atomic mass is 16.6. The summed E-state index contributed by atoms with van der Waals surface area (Å²) >= 11 is 0. The monoisotopic (exact) mass is 223 g/mol. The Labute approximate surface area is 90.9 Å². The zero-order valence-electron chi connectivity index (χ0n) is 8.20. The fraction of sp³-hybridized carbons (Fsp3) is 0.100. The molecule has 0 radical (unpaired) electrons. The van der Waals surface area contributed by atoms with Gasteiger partial charge < -0.3 is 9.84 Å². The number of benzene rings is 1. The van der Waals surface area contributed by atoms with Gasteiger partial charge in [0.1, 0.15) is 6.61 Å². The van der Waals surface area contributed by atoms with Crippen molar-refractivity contribution in [2.75, 3.05) is 6.61 Å². The summed E-state index contributed by atoms with van der Waals surface area (Å²) in [6, 6.07) is 5.89. The lowest BCUT2D eigenvalue weighted by atomic mass is 10.3. The SMILES string of the molecule is O=C(O)/C=C/COc1ccccc1[N+](=O)[O-]. The molecule has 0 aromatic heterocycles. The molecular formula is C10H9NO5. The maximum atomic E-state index is 10.6. The molecule has 0 atom stereocenters. The summed E-state index contributed by atoms with van der Waals surface area (Å²) in [6.45, 7) is -0.0306. The van der Waals surface area contributed by atoms with E-state index in [1.807, 2.05) is 0 Å². The average Bonchev–Trinajstić information content (AvgIpc) is 2.24. The van der Waals surface area contributed by atoms with Crippen molar-refractivity contribution >= 4 is 11.7 Å². The Morgan fingerprint density at radius 2 is 2.19 bits per heavy atom. The van der Waals surface area contributed by atoms with Gasteiger partial charge in [0.05, 0.1) is 4.92 Å². The Hall–Kier alpha value is -2.37. The van der Waals surface area contributed by atoms with E-state index in [2.05, 4.69) is 0 Å². The minimum absolute atomic E-state index is 0.0306. The molecule has 0 amide bonds. The lowest BCUT2D eigenvalue weighted by Crippen LogP contribution is -1.99. The van der Waals surface area contributed by atoms with Crippen LogP contribution in [0.2, 0.25) is 0 Å². The van der Waals surface area contributed by atoms with Crippen molar-refractivity contribution in [1.29, 1.82) is 0 Å². The molecule has 0 heterocycles. The average molecular weight is 223 g/mol. The van der Waals surface area contributed by atoms with E-state index < -0.39 is 10.9 Å². The third kappa shape index (κ3) is 3.41. The zero-order chi connectivity index (χ0) is 12.0. The third-order valence-corrected chi connectivity index (χ3v) is 1.66. The van der Waals surface area contributed by atoms with Gasteiger partial charge in [-0.25, -0.2) is 4.79 Å². The zero-order valence-corrected chi connectivity index (χ0v) is 8.20. The molecule has 1 N–H and O–H groups in total. The molecule has 0 aliphatic rings. The number of aliphatic carboxylic acids is 1. The Morgan fingerprint density at radius 1 is 1.50 bits per heavy atom. The molecule has 0 aliphatic carbocycles. The highest BCUT2D eigenvalue weighted by Gasteiger charge is 2.12. The van der Waals surface area contributed by atoms with Crippen LogP contribution in [-0.4, -0.2) is 22.6 Å². The largest absolute Gasteiger partial charge is 0.483 e. The number of rotatable bonds is 5. The summed E-state index contributed by atoms with van der Waals surface area (Å²) in [6.07, 6.45) is 2.17. The van der Waals surface area contributed by atoms with Crippen molar-refractivity contribution in [1.82, 2.24) is 0 Å². The molecule has 16 heavy (non-hydrogen) atoms. The first kappa shape index (κ1) is 11.7. The van der Waals surface area contributed by atoms with Gasteiger partial charge >= 0.3 is 11.7 Å². The first-order chi connectivity index (χ1) is 7.61. The Morgan fingerprint density at radius 3 is 2.81 bits per heavy atom. The van der Waals surface area contributed by atoms with E-state index in [0.29, 0.717) is 0 Å². The minimum atomic E-state index is -1.09. The number of hydrogen-bond donors (Lipinski definition) is 1. The van der Waals surface area contributed by atoms with E-state index in [1.54, 1.807) is 6.07 Å². The van der Waals surface area contributed by atoms with Gasteiger partial charge in [-0.2, -0.15) is 0 Å². The number of nitro groups is 1. The number of nitro benzene ring substituents is 1. The van der Waals surface area contributed by atoms with Crippen LogP contribution in [-0.2, 0) is 4.79 Å². The molecular weight excluding hydrogens is 214 g/mol. The van der Waals surface area contributed by atoms with Crippen molar-refractivity contribution in [2.24, 2.45) is 0 Å². The highest BCUT2D eigenvalue weighted by molar-refractivity contribution is 5.79. The second-order valence-electron chi connectivity index (χ2n) is 2.78. The van der Waals surface area contributed by atoms with Crippen LogP contribution >= 0.6 is 0 Å². The molecule has 0 saturated carbocycles. The molecule has 84 valence electrons. The summed E-state index contributed by atoms with van der Waals surface area (Å²) in [5, 5.41) is 18.9. The Kier molecular flexibility index (Phi) is 4.02. The van der Waals surface area contributed by atoms with Crippen LogP contribution in [0.4, 0.5) is 5.69 Å². The lowest BCUT2D eigenvalue weighted by Gasteiger charge is -2.02. The van der Waals surface area contributed by atoms with Crippen molar-refractivity contribution < 1.29 is 19.6 Å². The second-order valence-corrected chi connectivity index (χ2v) is 2.78. The summed E-state index contributed by atoms with van der Waals surface area (Å²) in [7, 11) is 0. The van der Waals surface area contributed by atoms with E-state index in [4.69, 9.17) is 9.84 Å². The Balaban J connectivity index is 2.67. The van der Waals surface area contributed by atoms with Crippen LogP contribution in [0, 0.1) is 10.1 Å². The molecule has 1 aromatic rings. The van der Waals surface area contributed by atoms with Gasteiger partial charge in [-0.15, -0.1) is 0 Å². The van der Waals surface area contributed by atoms with Gasteiger partial charge in [-0.3, -0.25) is 10.1 Å². The van der Waals surface area contributed by atoms with Crippen LogP contribution in [0.15, 0.2) is 36.4 Å². The van der Waals surface area contributed by atoms with Crippen LogP contribution < -0.4 is 4.74 Å². The van der Waals surface area contributed by atoms with Gasteiger partial charge in [0, 0.05) is 12.1 Å². The fourth-order valence-corrected chi connectivity index (χ4v) is 1.02. The molecule has 0 aliphatic heterocycles. The van der Waals surface area contributed by atoms with Crippen molar-refractivity contribution in [3.8, 4) is 5.75 Å². The summed E-state index contributed by atoms with van der Waals surface area (Å²) < 4.78 is 5.06. The number of nitrogens with zero attached hydrogens (tertiary/aromatic N) is 1.